The van der Waals surface area contributed by atoms with E-state index in [0.29, 0.717) is 11.3 Å². The zero-order chi connectivity index (χ0) is 16.0. The van der Waals surface area contributed by atoms with E-state index < -0.39 is 0 Å². The SMILES string of the molecule is [C-]#[N+]c1c(-c2cccc[n+]2C)c(C)cc2c1oc1ccccc12. The summed E-state index contributed by atoms with van der Waals surface area (Å²) in [4.78, 5) is 3.82. The van der Waals surface area contributed by atoms with Gasteiger partial charge in [-0.15, -0.1) is 0 Å². The van der Waals surface area contributed by atoms with E-state index in [2.05, 4.69) is 17.8 Å². The first kappa shape index (κ1) is 13.5. The third kappa shape index (κ3) is 1.92. The molecule has 0 atom stereocenters. The van der Waals surface area contributed by atoms with Crippen LogP contribution in [0, 0.1) is 13.5 Å². The molecule has 2 heterocycles. The molecular formula is C20H15N2O+. The number of nitrogens with zero attached hydrogens (tertiary/aromatic N) is 2. The monoisotopic (exact) mass is 299 g/mol. The number of pyridine rings is 1. The molecule has 0 aliphatic heterocycles. The lowest BCUT2D eigenvalue weighted by atomic mass is 9.99. The van der Waals surface area contributed by atoms with Gasteiger partial charge in [0.15, 0.2) is 6.20 Å². The quantitative estimate of drug-likeness (QED) is 0.360. The summed E-state index contributed by atoms with van der Waals surface area (Å²) in [7, 11) is 1.99. The minimum atomic E-state index is 0.581. The summed E-state index contributed by atoms with van der Waals surface area (Å²) in [5.41, 5.74) is 5.11. The third-order valence-corrected chi connectivity index (χ3v) is 4.26. The Morgan fingerprint density at radius 3 is 2.61 bits per heavy atom. The smallest absolute Gasteiger partial charge is 0.243 e. The van der Waals surface area contributed by atoms with Crippen LogP contribution in [0.2, 0.25) is 0 Å². The number of aromatic nitrogens is 1. The average Bonchev–Trinajstić information content (AvgIpc) is 2.93. The van der Waals surface area contributed by atoms with Crippen molar-refractivity contribution in [1.29, 1.82) is 0 Å². The Kier molecular flexibility index (Phi) is 2.92. The largest absolute Gasteiger partial charge is 0.467 e. The first-order valence-corrected chi connectivity index (χ1v) is 7.48. The maximum absolute atomic E-state index is 7.71. The van der Waals surface area contributed by atoms with E-state index in [4.69, 9.17) is 11.0 Å². The Bertz CT molecular complexity index is 1100. The van der Waals surface area contributed by atoms with Crippen LogP contribution in [0.25, 0.3) is 38.0 Å². The number of benzene rings is 2. The van der Waals surface area contributed by atoms with Gasteiger partial charge in [0.1, 0.15) is 18.2 Å². The van der Waals surface area contributed by atoms with Gasteiger partial charge in [-0.25, -0.2) is 9.41 Å². The van der Waals surface area contributed by atoms with Crippen molar-refractivity contribution in [3.8, 4) is 11.3 Å². The van der Waals surface area contributed by atoms with E-state index in [-0.39, 0.29) is 0 Å². The Hall–Kier alpha value is -3.12. The fourth-order valence-corrected chi connectivity index (χ4v) is 3.19. The number of aryl methyl sites for hydroxylation is 2. The molecule has 0 saturated carbocycles. The third-order valence-electron chi connectivity index (χ3n) is 4.26. The van der Waals surface area contributed by atoms with Gasteiger partial charge in [-0.2, -0.15) is 0 Å². The molecule has 2 aromatic heterocycles. The van der Waals surface area contributed by atoms with Crippen molar-refractivity contribution < 1.29 is 8.98 Å². The van der Waals surface area contributed by atoms with E-state index in [1.54, 1.807) is 0 Å². The molecule has 23 heavy (non-hydrogen) atoms. The van der Waals surface area contributed by atoms with Crippen LogP contribution in [0.1, 0.15) is 5.56 Å². The van der Waals surface area contributed by atoms with E-state index in [0.717, 1.165) is 33.2 Å². The van der Waals surface area contributed by atoms with Gasteiger partial charge in [0.25, 0.3) is 0 Å². The summed E-state index contributed by atoms with van der Waals surface area (Å²) >= 11 is 0. The number of furan rings is 1. The summed E-state index contributed by atoms with van der Waals surface area (Å²) in [6.07, 6.45) is 1.99. The molecule has 2 aromatic carbocycles. The van der Waals surface area contributed by atoms with Crippen LogP contribution in [0.3, 0.4) is 0 Å². The predicted octanol–water partition coefficient (Wildman–Crippen LogP) is 4.94. The van der Waals surface area contributed by atoms with Crippen LogP contribution in [-0.2, 0) is 7.05 Å². The van der Waals surface area contributed by atoms with Crippen LogP contribution < -0.4 is 4.57 Å². The molecule has 0 saturated heterocycles. The normalized spacial score (nSPS) is 11.0. The molecule has 0 aliphatic carbocycles. The lowest BCUT2D eigenvalue weighted by Gasteiger charge is -2.07. The second-order valence-corrected chi connectivity index (χ2v) is 5.70. The summed E-state index contributed by atoms with van der Waals surface area (Å²) in [6.45, 7) is 9.77. The lowest BCUT2D eigenvalue weighted by Crippen LogP contribution is -2.30. The summed E-state index contributed by atoms with van der Waals surface area (Å²) in [5.74, 6) is 0. The summed E-state index contributed by atoms with van der Waals surface area (Å²) in [5, 5.41) is 2.06. The number of para-hydroxylation sites is 1. The van der Waals surface area contributed by atoms with Gasteiger partial charge in [0, 0.05) is 22.9 Å². The fraction of sp³-hybridized carbons (Fsp3) is 0.100. The molecule has 0 radical (unpaired) electrons. The van der Waals surface area contributed by atoms with Gasteiger partial charge in [-0.3, -0.25) is 0 Å². The molecule has 0 amide bonds. The fourth-order valence-electron chi connectivity index (χ4n) is 3.19. The van der Waals surface area contributed by atoms with Crippen molar-refractivity contribution >= 4 is 27.6 Å². The van der Waals surface area contributed by atoms with Crippen molar-refractivity contribution in [2.45, 2.75) is 6.92 Å². The van der Waals surface area contributed by atoms with Crippen LogP contribution in [0.4, 0.5) is 5.69 Å². The van der Waals surface area contributed by atoms with E-state index in [1.807, 2.05) is 60.3 Å². The molecule has 3 heteroatoms. The lowest BCUT2D eigenvalue weighted by molar-refractivity contribution is -0.660. The Balaban J connectivity index is 2.18. The van der Waals surface area contributed by atoms with E-state index in [9.17, 15) is 0 Å². The predicted molar refractivity (Wildman–Crippen MR) is 91.3 cm³/mol. The van der Waals surface area contributed by atoms with Gasteiger partial charge in [-0.1, -0.05) is 18.2 Å². The molecular weight excluding hydrogens is 284 g/mol. The average molecular weight is 299 g/mol. The number of hydrogen-bond acceptors (Lipinski definition) is 1. The Morgan fingerprint density at radius 2 is 1.83 bits per heavy atom. The molecule has 4 rings (SSSR count). The minimum Gasteiger partial charge on any atom is -0.467 e. The Morgan fingerprint density at radius 1 is 1.04 bits per heavy atom. The van der Waals surface area contributed by atoms with Gasteiger partial charge >= 0.3 is 0 Å². The van der Waals surface area contributed by atoms with Gasteiger partial charge in [0.05, 0.1) is 12.1 Å². The van der Waals surface area contributed by atoms with Crippen molar-refractivity contribution in [2.75, 3.05) is 0 Å². The van der Waals surface area contributed by atoms with E-state index in [1.165, 1.54) is 0 Å². The van der Waals surface area contributed by atoms with Crippen LogP contribution in [0.15, 0.2) is 59.1 Å². The Labute approximate surface area is 134 Å². The van der Waals surface area contributed by atoms with E-state index >= 15 is 0 Å². The van der Waals surface area contributed by atoms with Gasteiger partial charge in [0.2, 0.25) is 11.4 Å². The van der Waals surface area contributed by atoms with Crippen LogP contribution in [0.5, 0.6) is 0 Å². The number of hydrogen-bond donors (Lipinski definition) is 0. The topological polar surface area (TPSA) is 21.4 Å². The van der Waals surface area contributed by atoms with Crippen LogP contribution >= 0.6 is 0 Å². The van der Waals surface area contributed by atoms with Crippen molar-refractivity contribution in [2.24, 2.45) is 7.05 Å². The zero-order valence-electron chi connectivity index (χ0n) is 13.0. The maximum Gasteiger partial charge on any atom is 0.243 e. The second-order valence-electron chi connectivity index (χ2n) is 5.70. The molecule has 110 valence electrons. The maximum atomic E-state index is 7.71. The highest BCUT2D eigenvalue weighted by Gasteiger charge is 2.22. The summed E-state index contributed by atoms with van der Waals surface area (Å²) in [6, 6.07) is 16.1. The molecule has 0 fully saturated rings. The highest BCUT2D eigenvalue weighted by molar-refractivity contribution is 6.12. The standard InChI is InChI=1S/C20H15N2O/c1-13-12-15-14-8-4-5-10-17(14)23-20(15)19(21-2)18(13)16-9-6-7-11-22(16)3/h4-12H,1,3H3/q+1. The molecule has 0 spiro atoms. The molecule has 0 aliphatic rings. The van der Waals surface area contributed by atoms with Crippen LogP contribution in [-0.4, -0.2) is 0 Å². The first-order chi connectivity index (χ1) is 11.2. The number of rotatable bonds is 1. The minimum absolute atomic E-state index is 0.581. The van der Waals surface area contributed by atoms with Crippen molar-refractivity contribution in [3.05, 3.63) is 71.7 Å². The number of fused-ring (bicyclic) bond motifs is 3. The highest BCUT2D eigenvalue weighted by Crippen LogP contribution is 2.42. The van der Waals surface area contributed by atoms with Gasteiger partial charge in [-0.05, 0) is 30.7 Å². The molecule has 3 nitrogen and oxygen atoms in total. The van der Waals surface area contributed by atoms with Crippen molar-refractivity contribution in [1.82, 2.24) is 0 Å². The van der Waals surface area contributed by atoms with Crippen molar-refractivity contribution in [3.63, 3.8) is 0 Å². The molecule has 4 aromatic rings. The molecule has 0 bridgehead atoms. The van der Waals surface area contributed by atoms with Gasteiger partial charge < -0.3 is 4.42 Å². The zero-order valence-corrected chi connectivity index (χ0v) is 13.0. The summed E-state index contributed by atoms with van der Waals surface area (Å²) < 4.78 is 8.04. The first-order valence-electron chi connectivity index (χ1n) is 7.48. The second kappa shape index (κ2) is 4.96. The highest BCUT2D eigenvalue weighted by atomic mass is 16.3. The molecule has 0 N–H and O–H groups in total. The molecule has 0 unspecified atom stereocenters.